The Morgan fingerprint density at radius 2 is 0.527 bits per heavy atom. The van der Waals surface area contributed by atoms with Crippen molar-refractivity contribution < 1.29 is 0 Å². The topological polar surface area (TPSA) is 0 Å². The molecule has 274 valence electrons. The van der Waals surface area contributed by atoms with Gasteiger partial charge in [-0.2, -0.15) is 0 Å². The van der Waals surface area contributed by atoms with Gasteiger partial charge in [0, 0.05) is 0 Å². The van der Waals surface area contributed by atoms with Gasteiger partial charge in [0.05, 0.1) is 0 Å². The molecule has 0 radical (unpaired) electrons. The first-order chi connectivity index (χ1) is 26.5. The van der Waals surface area contributed by atoms with Crippen molar-refractivity contribution in [1.82, 2.24) is 0 Å². The quantitative estimate of drug-likeness (QED) is 0.0886. The van der Waals surface area contributed by atoms with Crippen LogP contribution < -0.4 is 31.8 Å². The Morgan fingerprint density at radius 1 is 0.309 bits per heavy atom. The standard InChI is InChI=1S/C50H46Br2P2Si/c1-35-15-9-21-41(29-35)53(42-22-10-16-36(2)30-42,43-23-11-17-37(3)31-43)49-47-27-7-8-28-48(47)50(55(49,51)52)54(44-24-12-18-38(4)32-44,45-25-13-19-39(5)33-45)46-26-14-20-40(6)34-46/h7-34H,1-6H3. The third-order valence-electron chi connectivity index (χ3n) is 11.0. The van der Waals surface area contributed by atoms with Gasteiger partial charge < -0.3 is 0 Å². The van der Waals surface area contributed by atoms with E-state index in [1.807, 2.05) is 0 Å². The van der Waals surface area contributed by atoms with E-state index in [4.69, 9.17) is 30.6 Å². The largest absolute Gasteiger partial charge is 0.263 e. The highest BCUT2D eigenvalue weighted by molar-refractivity contribution is 9.54. The van der Waals surface area contributed by atoms with Crippen molar-refractivity contribution in [2.75, 3.05) is 0 Å². The number of hydrogen-bond donors (Lipinski definition) is 0. The fraction of sp³-hybridized carbons (Fsp3) is 0.120. The summed E-state index contributed by atoms with van der Waals surface area (Å²) in [6.07, 6.45) is 0. The minimum absolute atomic E-state index is 1.27. The average Bonchev–Trinajstić information content (AvgIpc) is 3.39. The van der Waals surface area contributed by atoms with E-state index in [2.05, 4.69) is 211 Å². The molecule has 0 saturated heterocycles. The minimum atomic E-state index is -3.02. The zero-order valence-corrected chi connectivity index (χ0v) is 38.3. The van der Waals surface area contributed by atoms with Gasteiger partial charge in [-0.05, 0) is 108 Å². The number of fused-ring (bicyclic) bond motifs is 1. The molecule has 7 aromatic rings. The smallest absolute Gasteiger partial charge is 0.0986 e. The van der Waals surface area contributed by atoms with Crippen LogP contribution in [0.4, 0.5) is 0 Å². The molecule has 0 unspecified atom stereocenters. The Kier molecular flexibility index (Phi) is 10.4. The summed E-state index contributed by atoms with van der Waals surface area (Å²) in [5.74, 6) is 0. The van der Waals surface area contributed by atoms with Crippen LogP contribution in [0.5, 0.6) is 0 Å². The Balaban J connectivity index is 1.75. The highest BCUT2D eigenvalue weighted by atomic mass is 79.9. The Morgan fingerprint density at radius 3 is 0.727 bits per heavy atom. The molecule has 8 rings (SSSR count). The molecule has 0 spiro atoms. The summed E-state index contributed by atoms with van der Waals surface area (Å²) in [5, 5.41) is 5.29. The van der Waals surface area contributed by atoms with Crippen molar-refractivity contribution in [1.29, 1.82) is 0 Å². The van der Waals surface area contributed by atoms with Crippen LogP contribution in [0.15, 0.2) is 170 Å². The summed E-state index contributed by atoms with van der Waals surface area (Å²) in [4.78, 5) is 3.04. The van der Waals surface area contributed by atoms with Crippen molar-refractivity contribution in [2.45, 2.75) is 41.5 Å². The molecule has 0 nitrogen and oxygen atoms in total. The van der Waals surface area contributed by atoms with E-state index >= 15 is 0 Å². The van der Waals surface area contributed by atoms with Crippen LogP contribution in [-0.2, 0) is 0 Å². The molecule has 0 N–H and O–H groups in total. The van der Waals surface area contributed by atoms with E-state index in [1.54, 1.807) is 0 Å². The summed E-state index contributed by atoms with van der Waals surface area (Å²) >= 11 is 9.72. The van der Waals surface area contributed by atoms with E-state index in [0.717, 1.165) is 0 Å². The zero-order chi connectivity index (χ0) is 38.5. The highest BCUT2D eigenvalue weighted by Crippen LogP contribution is 2.61. The normalized spacial score (nSPS) is 13.9. The molecule has 0 aliphatic carbocycles. The van der Waals surface area contributed by atoms with Gasteiger partial charge in [0.1, 0.15) is 0 Å². The van der Waals surface area contributed by atoms with Crippen LogP contribution in [0.1, 0.15) is 44.5 Å². The molecule has 5 heteroatoms. The number of hydrogen-bond acceptors (Lipinski definition) is 0. The van der Waals surface area contributed by atoms with Crippen LogP contribution in [0.25, 0.3) is 0 Å². The van der Waals surface area contributed by atoms with E-state index in [9.17, 15) is 0 Å². The Labute approximate surface area is 344 Å². The fourth-order valence-electron chi connectivity index (χ4n) is 8.82. The van der Waals surface area contributed by atoms with Crippen LogP contribution in [0.2, 0.25) is 0 Å². The summed E-state index contributed by atoms with van der Waals surface area (Å²) < 4.78 is 0. The Hall–Kier alpha value is -3.68. The lowest BCUT2D eigenvalue weighted by Gasteiger charge is -2.38. The van der Waals surface area contributed by atoms with E-state index in [0.29, 0.717) is 0 Å². The molecule has 1 aliphatic rings. The monoisotopic (exact) mass is 894 g/mol. The van der Waals surface area contributed by atoms with Crippen LogP contribution in [-0.4, -0.2) is 15.1 Å². The molecule has 0 amide bonds. The van der Waals surface area contributed by atoms with E-state index in [1.165, 1.54) is 86.2 Å². The van der Waals surface area contributed by atoms with Crippen LogP contribution in [0, 0.1) is 41.5 Å². The molecular formula is C50H46Br2P2Si. The molecule has 55 heavy (non-hydrogen) atoms. The second-order valence-electron chi connectivity index (χ2n) is 15.2. The number of benzene rings is 7. The van der Waals surface area contributed by atoms with Gasteiger partial charge in [0.2, 0.25) is 0 Å². The second-order valence-corrected chi connectivity index (χ2v) is 35.2. The molecule has 0 fully saturated rings. The lowest BCUT2D eigenvalue weighted by Crippen LogP contribution is -2.45. The van der Waals surface area contributed by atoms with Crippen LogP contribution >= 0.6 is 44.4 Å². The van der Waals surface area contributed by atoms with Crippen LogP contribution in [0.3, 0.4) is 0 Å². The maximum absolute atomic E-state index is 4.86. The summed E-state index contributed by atoms with van der Waals surface area (Å²) in [7, 11) is 0. The van der Waals surface area contributed by atoms with Crippen molar-refractivity contribution in [3.8, 4) is 0 Å². The first-order valence-electron chi connectivity index (χ1n) is 18.9. The lowest BCUT2D eigenvalue weighted by atomic mass is 10.1. The molecule has 7 aromatic carbocycles. The van der Waals surface area contributed by atoms with Gasteiger partial charge in [-0.25, -0.2) is 0 Å². The van der Waals surface area contributed by atoms with Crippen molar-refractivity contribution in [3.63, 3.8) is 0 Å². The highest BCUT2D eigenvalue weighted by Gasteiger charge is 2.54. The maximum Gasteiger partial charge on any atom is 0.263 e. The van der Waals surface area contributed by atoms with Gasteiger partial charge in [-0.3, -0.25) is 0 Å². The molecule has 0 aromatic heterocycles. The predicted molar refractivity (Wildman–Crippen MR) is 257 cm³/mol. The molecule has 0 bridgehead atoms. The molecule has 1 heterocycles. The minimum Gasteiger partial charge on any atom is -0.0986 e. The summed E-state index contributed by atoms with van der Waals surface area (Å²) in [6, 6.07) is 65.7. The maximum atomic E-state index is 4.86. The molecule has 1 aliphatic heterocycles. The third-order valence-corrected chi connectivity index (χ3v) is 33.4. The lowest BCUT2D eigenvalue weighted by molar-refractivity contribution is 1.48. The SMILES string of the molecule is Cc1cccc(P(=C2c3ccccc3C(=P(c3cccc(C)c3)(c3cccc(C)c3)c3cccc(C)c3)[Si]2(Br)Br)(c2cccc(C)c2)c2cccc(C)c2)c1. The first-order valence-corrected chi connectivity index (χ1v) is 29.0. The van der Waals surface area contributed by atoms with Crippen molar-refractivity contribution in [2.24, 2.45) is 0 Å². The second kappa shape index (κ2) is 15.0. The predicted octanol–water partition coefficient (Wildman–Crippen LogP) is 10.9. The summed E-state index contributed by atoms with van der Waals surface area (Å²) in [6.45, 7) is 8.33. The Bertz CT molecular complexity index is 2320. The van der Waals surface area contributed by atoms with Gasteiger partial charge in [0.15, 0.2) is 0 Å². The van der Waals surface area contributed by atoms with Gasteiger partial charge in [0.25, 0.3) is 5.31 Å². The van der Waals surface area contributed by atoms with E-state index in [-0.39, 0.29) is 0 Å². The van der Waals surface area contributed by atoms with E-state index < -0.39 is 19.1 Å². The third kappa shape index (κ3) is 6.42. The van der Waals surface area contributed by atoms with Gasteiger partial charge in [-0.15, -0.1) is 0 Å². The summed E-state index contributed by atoms with van der Waals surface area (Å²) in [5.41, 5.74) is 10.4. The average molecular weight is 897 g/mol. The first kappa shape index (κ1) is 38.2. The molecular weight excluding hydrogens is 850 g/mol. The van der Waals surface area contributed by atoms with Gasteiger partial charge >= 0.3 is 0 Å². The molecule has 0 saturated carbocycles. The molecule has 0 atom stereocenters. The number of halogens is 2. The van der Waals surface area contributed by atoms with Crippen molar-refractivity contribution in [3.05, 3.63) is 214 Å². The number of rotatable bonds is 6. The van der Waals surface area contributed by atoms with Gasteiger partial charge in [-0.1, -0.05) is 234 Å². The zero-order valence-electron chi connectivity index (χ0n) is 32.3. The number of aryl methyl sites for hydroxylation is 6. The van der Waals surface area contributed by atoms with Crippen molar-refractivity contribution >= 4 is 91.3 Å². The fourth-order valence-corrected chi connectivity index (χ4v) is 37.6.